The molecule has 0 radical (unpaired) electrons. The molecule has 0 aliphatic rings. The number of aromatic nitrogens is 4. The quantitative estimate of drug-likeness (QED) is 0.401. The van der Waals surface area contributed by atoms with E-state index in [1.807, 2.05) is 31.2 Å². The van der Waals surface area contributed by atoms with Crippen LogP contribution in [0, 0.1) is 6.92 Å². The van der Waals surface area contributed by atoms with Crippen molar-refractivity contribution in [2.24, 2.45) is 0 Å². The van der Waals surface area contributed by atoms with Gasteiger partial charge in [0.15, 0.2) is 0 Å². The van der Waals surface area contributed by atoms with Crippen molar-refractivity contribution in [3.05, 3.63) is 65.5 Å². The summed E-state index contributed by atoms with van der Waals surface area (Å²) in [5.41, 5.74) is 1.37. The summed E-state index contributed by atoms with van der Waals surface area (Å²) in [5.74, 6) is 0.944. The van der Waals surface area contributed by atoms with E-state index in [4.69, 9.17) is 8.94 Å². The van der Waals surface area contributed by atoms with Gasteiger partial charge < -0.3 is 8.94 Å². The lowest BCUT2D eigenvalue weighted by Gasteiger charge is -2.06. The fourth-order valence-electron chi connectivity index (χ4n) is 2.47. The van der Waals surface area contributed by atoms with Crippen LogP contribution in [0.3, 0.4) is 0 Å². The standard InChI is InChI=1S/C19H13F3N4O2S/c1-11-5-7-12(8-6-11)17-24-25-18(27-17)29-10-15-23-16(26-28-15)13-3-2-4-14(9-13)19(20,21)22/h2-9H,10H2,1H3. The Bertz CT molecular complexity index is 1120. The van der Waals surface area contributed by atoms with Gasteiger partial charge in [-0.2, -0.15) is 18.2 Å². The number of aryl methyl sites for hydroxylation is 1. The summed E-state index contributed by atoms with van der Waals surface area (Å²) in [6.07, 6.45) is -4.44. The third kappa shape index (κ3) is 4.48. The predicted octanol–water partition coefficient (Wildman–Crippen LogP) is 5.41. The van der Waals surface area contributed by atoms with E-state index in [1.165, 1.54) is 23.9 Å². The molecular formula is C19H13F3N4O2S. The smallest absolute Gasteiger partial charge is 0.411 e. The zero-order valence-electron chi connectivity index (χ0n) is 15.0. The van der Waals surface area contributed by atoms with Gasteiger partial charge in [0.2, 0.25) is 17.6 Å². The summed E-state index contributed by atoms with van der Waals surface area (Å²) in [6.45, 7) is 1.98. The first-order valence-electron chi connectivity index (χ1n) is 8.42. The summed E-state index contributed by atoms with van der Waals surface area (Å²) in [7, 11) is 0. The monoisotopic (exact) mass is 418 g/mol. The third-order valence-corrected chi connectivity index (χ3v) is 4.74. The van der Waals surface area contributed by atoms with Crippen LogP contribution < -0.4 is 0 Å². The van der Waals surface area contributed by atoms with Gasteiger partial charge in [-0.05, 0) is 31.2 Å². The van der Waals surface area contributed by atoms with Gasteiger partial charge in [-0.3, -0.25) is 0 Å². The molecule has 0 N–H and O–H groups in total. The fourth-order valence-corrected chi connectivity index (χ4v) is 3.07. The van der Waals surface area contributed by atoms with Gasteiger partial charge in [-0.1, -0.05) is 46.7 Å². The second-order valence-electron chi connectivity index (χ2n) is 6.12. The van der Waals surface area contributed by atoms with Crippen molar-refractivity contribution in [3.63, 3.8) is 0 Å². The summed E-state index contributed by atoms with van der Waals surface area (Å²) in [4.78, 5) is 4.14. The third-order valence-electron chi connectivity index (χ3n) is 3.94. The molecule has 4 rings (SSSR count). The molecule has 148 valence electrons. The summed E-state index contributed by atoms with van der Waals surface area (Å²) >= 11 is 1.19. The molecule has 29 heavy (non-hydrogen) atoms. The van der Waals surface area contributed by atoms with Crippen molar-refractivity contribution in [2.45, 2.75) is 24.1 Å². The molecule has 0 aliphatic heterocycles. The zero-order chi connectivity index (χ0) is 20.4. The van der Waals surface area contributed by atoms with Crippen LogP contribution in [0.15, 0.2) is 62.7 Å². The number of rotatable bonds is 5. The average molecular weight is 418 g/mol. The molecule has 10 heteroatoms. The Kier molecular flexibility index (Phi) is 5.10. The van der Waals surface area contributed by atoms with Gasteiger partial charge in [0.25, 0.3) is 5.22 Å². The second-order valence-corrected chi connectivity index (χ2v) is 7.04. The molecule has 0 bridgehead atoms. The number of hydrogen-bond donors (Lipinski definition) is 0. The van der Waals surface area contributed by atoms with Gasteiger partial charge in [0.1, 0.15) is 0 Å². The highest BCUT2D eigenvalue weighted by molar-refractivity contribution is 7.98. The minimum Gasteiger partial charge on any atom is -0.411 e. The van der Waals surface area contributed by atoms with Gasteiger partial charge >= 0.3 is 6.18 Å². The highest BCUT2D eigenvalue weighted by atomic mass is 32.2. The van der Waals surface area contributed by atoms with Gasteiger partial charge in [0, 0.05) is 11.1 Å². The first-order chi connectivity index (χ1) is 13.9. The van der Waals surface area contributed by atoms with E-state index in [-0.39, 0.29) is 23.0 Å². The predicted molar refractivity (Wildman–Crippen MR) is 98.8 cm³/mol. The number of alkyl halides is 3. The average Bonchev–Trinajstić information content (AvgIpc) is 3.36. The van der Waals surface area contributed by atoms with Crippen LogP contribution in [-0.4, -0.2) is 20.3 Å². The molecule has 2 heterocycles. The number of benzene rings is 2. The van der Waals surface area contributed by atoms with E-state index in [9.17, 15) is 13.2 Å². The van der Waals surface area contributed by atoms with Crippen molar-refractivity contribution in [1.82, 2.24) is 20.3 Å². The van der Waals surface area contributed by atoms with Crippen molar-refractivity contribution in [1.29, 1.82) is 0 Å². The van der Waals surface area contributed by atoms with Crippen molar-refractivity contribution in [2.75, 3.05) is 0 Å². The van der Waals surface area contributed by atoms with Crippen molar-refractivity contribution >= 4 is 11.8 Å². The number of nitrogens with zero attached hydrogens (tertiary/aromatic N) is 4. The highest BCUT2D eigenvalue weighted by Gasteiger charge is 2.30. The molecule has 0 saturated carbocycles. The van der Waals surface area contributed by atoms with E-state index in [2.05, 4.69) is 20.3 Å². The van der Waals surface area contributed by atoms with Crippen molar-refractivity contribution in [3.8, 4) is 22.8 Å². The molecule has 0 unspecified atom stereocenters. The van der Waals surface area contributed by atoms with Crippen LogP contribution >= 0.6 is 11.8 Å². The number of thioether (sulfide) groups is 1. The van der Waals surface area contributed by atoms with Crippen LogP contribution in [0.5, 0.6) is 0 Å². The first kappa shape index (κ1) is 19.2. The van der Waals surface area contributed by atoms with Crippen LogP contribution in [0.1, 0.15) is 17.0 Å². The largest absolute Gasteiger partial charge is 0.416 e. The lowest BCUT2D eigenvalue weighted by molar-refractivity contribution is -0.137. The Morgan fingerprint density at radius 1 is 1.00 bits per heavy atom. The van der Waals surface area contributed by atoms with Crippen LogP contribution in [0.25, 0.3) is 22.8 Å². The van der Waals surface area contributed by atoms with Crippen LogP contribution in [0.2, 0.25) is 0 Å². The number of halogens is 3. The maximum absolute atomic E-state index is 12.9. The summed E-state index contributed by atoms with van der Waals surface area (Å²) in [6, 6.07) is 12.4. The maximum atomic E-state index is 12.9. The lowest BCUT2D eigenvalue weighted by atomic mass is 10.1. The van der Waals surface area contributed by atoms with E-state index in [0.29, 0.717) is 11.1 Å². The van der Waals surface area contributed by atoms with E-state index < -0.39 is 11.7 Å². The Labute approximate surface area is 167 Å². The molecule has 0 amide bonds. The molecule has 0 spiro atoms. The molecule has 0 saturated heterocycles. The Hall–Kier alpha value is -3.14. The second kappa shape index (κ2) is 7.70. The van der Waals surface area contributed by atoms with Crippen molar-refractivity contribution < 1.29 is 22.1 Å². The Morgan fingerprint density at radius 2 is 1.79 bits per heavy atom. The van der Waals surface area contributed by atoms with Gasteiger partial charge in [0.05, 0.1) is 11.3 Å². The maximum Gasteiger partial charge on any atom is 0.416 e. The normalized spacial score (nSPS) is 11.7. The Balaban J connectivity index is 1.43. The molecule has 2 aromatic carbocycles. The number of hydrogen-bond acceptors (Lipinski definition) is 7. The summed E-state index contributed by atoms with van der Waals surface area (Å²) < 4.78 is 49.3. The van der Waals surface area contributed by atoms with E-state index >= 15 is 0 Å². The summed E-state index contributed by atoms with van der Waals surface area (Å²) in [5, 5.41) is 12.0. The van der Waals surface area contributed by atoms with Crippen LogP contribution in [-0.2, 0) is 11.9 Å². The molecule has 0 atom stereocenters. The molecule has 2 aromatic heterocycles. The molecule has 4 aromatic rings. The highest BCUT2D eigenvalue weighted by Crippen LogP contribution is 2.32. The SMILES string of the molecule is Cc1ccc(-c2nnc(SCc3nc(-c4cccc(C(F)(F)F)c4)no3)o2)cc1. The van der Waals surface area contributed by atoms with E-state index in [0.717, 1.165) is 23.3 Å². The van der Waals surface area contributed by atoms with Gasteiger partial charge in [-0.15, -0.1) is 10.2 Å². The molecule has 6 nitrogen and oxygen atoms in total. The zero-order valence-corrected chi connectivity index (χ0v) is 15.8. The molecule has 0 fully saturated rings. The molecular weight excluding hydrogens is 405 g/mol. The topological polar surface area (TPSA) is 77.8 Å². The first-order valence-corrected chi connectivity index (χ1v) is 9.40. The minimum absolute atomic E-state index is 0.0811. The van der Waals surface area contributed by atoms with E-state index in [1.54, 1.807) is 0 Å². The van der Waals surface area contributed by atoms with Gasteiger partial charge in [-0.25, -0.2) is 0 Å². The van der Waals surface area contributed by atoms with Crippen LogP contribution in [0.4, 0.5) is 13.2 Å². The fraction of sp³-hybridized carbons (Fsp3) is 0.158. The lowest BCUT2D eigenvalue weighted by Crippen LogP contribution is -2.04. The molecule has 0 aliphatic carbocycles. The minimum atomic E-state index is -4.44. The Morgan fingerprint density at radius 3 is 2.55 bits per heavy atom.